The number of hydrogen-bond acceptors (Lipinski definition) is 9. The maximum absolute atomic E-state index is 13.4. The molecule has 0 N–H and O–H groups in total. The maximum Gasteiger partial charge on any atom is 0.509 e. The van der Waals surface area contributed by atoms with Crippen LogP contribution in [0.1, 0.15) is 24.2 Å². The standard InChI is InChI=1S/C27H30O9S/c1-3-14-32-27(29)36-24-23(33-18(2)28)21(16-31-15-19-10-6-4-7-11-19)35-26-25(24)34-22(17-37(26)30)20-12-8-5-9-13-20/h3-13,21-26H,1,14-17H2,2H3/t21-,22-,23-,24+,25-,26+,37?/m1/s1. The SMILES string of the molecule is C=CCOC(=O)O[C@@H]1[C@H]2O[C@@H](c3ccccc3)CS(=O)[C@@H]2O[C@H](COCc2ccccc2)[C@H]1OC(C)=O. The molecule has 0 aromatic heterocycles. The lowest BCUT2D eigenvalue weighted by atomic mass is 9.98. The minimum absolute atomic E-state index is 0.00304. The van der Waals surface area contributed by atoms with Gasteiger partial charge < -0.3 is 28.4 Å². The molecule has 198 valence electrons. The van der Waals surface area contributed by atoms with Crippen molar-refractivity contribution in [2.45, 2.75) is 49.5 Å². The molecule has 0 radical (unpaired) electrons. The normalized spacial score (nSPS) is 28.9. The number of benzene rings is 2. The fraction of sp³-hybridized carbons (Fsp3) is 0.407. The lowest BCUT2D eigenvalue weighted by Crippen LogP contribution is -2.65. The van der Waals surface area contributed by atoms with E-state index in [-0.39, 0.29) is 25.6 Å². The van der Waals surface area contributed by atoms with Crippen molar-refractivity contribution >= 4 is 22.9 Å². The van der Waals surface area contributed by atoms with Crippen LogP contribution in [0.3, 0.4) is 0 Å². The molecule has 2 heterocycles. The van der Waals surface area contributed by atoms with Gasteiger partial charge in [-0.1, -0.05) is 73.3 Å². The number of esters is 1. The van der Waals surface area contributed by atoms with E-state index in [1.54, 1.807) is 0 Å². The summed E-state index contributed by atoms with van der Waals surface area (Å²) in [5.41, 5.74) is 0.824. The molecule has 4 rings (SSSR count). The van der Waals surface area contributed by atoms with Crippen LogP contribution in [0.2, 0.25) is 0 Å². The Bertz CT molecular complexity index is 1080. The zero-order chi connectivity index (χ0) is 26.2. The molecule has 2 aliphatic rings. The maximum atomic E-state index is 13.4. The van der Waals surface area contributed by atoms with Crippen molar-refractivity contribution in [2.24, 2.45) is 0 Å². The fourth-order valence-corrected chi connectivity index (χ4v) is 5.84. The second kappa shape index (κ2) is 13.0. The van der Waals surface area contributed by atoms with E-state index in [0.717, 1.165) is 11.1 Å². The number of carbonyl (C=O) groups excluding carboxylic acids is 2. The molecule has 2 aromatic rings. The Morgan fingerprint density at radius 3 is 2.41 bits per heavy atom. The number of fused-ring (bicyclic) bond motifs is 1. The first-order valence-electron chi connectivity index (χ1n) is 11.9. The van der Waals surface area contributed by atoms with Gasteiger partial charge in [0.1, 0.15) is 18.8 Å². The zero-order valence-corrected chi connectivity index (χ0v) is 21.2. The number of rotatable bonds is 9. The second-order valence-electron chi connectivity index (χ2n) is 8.60. The smallest absolute Gasteiger partial charge is 0.456 e. The van der Waals surface area contributed by atoms with Crippen LogP contribution in [-0.4, -0.2) is 65.2 Å². The van der Waals surface area contributed by atoms with E-state index in [1.807, 2.05) is 60.7 Å². The molecule has 2 fully saturated rings. The summed E-state index contributed by atoms with van der Waals surface area (Å²) in [6.07, 6.45) is -4.22. The van der Waals surface area contributed by atoms with Crippen molar-refractivity contribution < 1.29 is 42.2 Å². The van der Waals surface area contributed by atoms with E-state index < -0.39 is 58.9 Å². The number of hydrogen-bond donors (Lipinski definition) is 0. The molecule has 10 heteroatoms. The van der Waals surface area contributed by atoms with Gasteiger partial charge in [0.05, 0.1) is 35.9 Å². The van der Waals surface area contributed by atoms with Gasteiger partial charge in [-0.15, -0.1) is 0 Å². The average molecular weight is 531 g/mol. The van der Waals surface area contributed by atoms with Gasteiger partial charge in [-0.05, 0) is 11.1 Å². The first-order valence-corrected chi connectivity index (χ1v) is 13.3. The summed E-state index contributed by atoms with van der Waals surface area (Å²) >= 11 is 0. The molecule has 7 atom stereocenters. The topological polar surface area (TPSA) is 107 Å². The van der Waals surface area contributed by atoms with Crippen LogP contribution in [0.25, 0.3) is 0 Å². The summed E-state index contributed by atoms with van der Waals surface area (Å²) in [6, 6.07) is 18.8. The first-order chi connectivity index (χ1) is 18.0. The Morgan fingerprint density at radius 1 is 1.03 bits per heavy atom. The van der Waals surface area contributed by atoms with E-state index in [0.29, 0.717) is 0 Å². The summed E-state index contributed by atoms with van der Waals surface area (Å²) in [5.74, 6) is -0.418. The third-order valence-corrected chi connectivity index (χ3v) is 7.43. The second-order valence-corrected chi connectivity index (χ2v) is 10.2. The molecule has 9 nitrogen and oxygen atoms in total. The van der Waals surface area contributed by atoms with E-state index in [1.165, 1.54) is 13.0 Å². The molecule has 0 aliphatic carbocycles. The molecule has 1 unspecified atom stereocenters. The van der Waals surface area contributed by atoms with E-state index in [9.17, 15) is 13.8 Å². The highest BCUT2D eigenvalue weighted by Gasteiger charge is 2.55. The highest BCUT2D eigenvalue weighted by atomic mass is 32.2. The molecule has 0 spiro atoms. The Labute approximate surface area is 218 Å². The van der Waals surface area contributed by atoms with Crippen LogP contribution in [0.5, 0.6) is 0 Å². The first kappa shape index (κ1) is 27.0. The van der Waals surface area contributed by atoms with Crippen molar-refractivity contribution in [3.63, 3.8) is 0 Å². The summed E-state index contributed by atoms with van der Waals surface area (Å²) in [5, 5.41) is 0. The summed E-state index contributed by atoms with van der Waals surface area (Å²) in [7, 11) is -1.51. The van der Waals surface area contributed by atoms with E-state index in [2.05, 4.69) is 6.58 Å². The van der Waals surface area contributed by atoms with Crippen molar-refractivity contribution in [1.29, 1.82) is 0 Å². The van der Waals surface area contributed by atoms with Gasteiger partial charge in [0.15, 0.2) is 17.6 Å². The minimum Gasteiger partial charge on any atom is -0.456 e. The highest BCUT2D eigenvalue weighted by Crippen LogP contribution is 2.38. The molecular weight excluding hydrogens is 500 g/mol. The monoisotopic (exact) mass is 530 g/mol. The Morgan fingerprint density at radius 2 is 1.73 bits per heavy atom. The van der Waals surface area contributed by atoms with Gasteiger partial charge in [0.25, 0.3) is 0 Å². The van der Waals surface area contributed by atoms with Crippen molar-refractivity contribution in [3.05, 3.63) is 84.4 Å². The molecule has 0 saturated carbocycles. The largest absolute Gasteiger partial charge is 0.509 e. The Kier molecular flexibility index (Phi) is 9.45. The molecule has 2 saturated heterocycles. The number of carbonyl (C=O) groups is 2. The van der Waals surface area contributed by atoms with Crippen molar-refractivity contribution in [1.82, 2.24) is 0 Å². The van der Waals surface area contributed by atoms with Gasteiger partial charge in [0, 0.05) is 6.92 Å². The van der Waals surface area contributed by atoms with Crippen LogP contribution in [-0.2, 0) is 50.6 Å². The van der Waals surface area contributed by atoms with Crippen molar-refractivity contribution in [3.8, 4) is 0 Å². The predicted molar refractivity (Wildman–Crippen MR) is 134 cm³/mol. The predicted octanol–water partition coefficient (Wildman–Crippen LogP) is 3.46. The van der Waals surface area contributed by atoms with E-state index >= 15 is 0 Å². The summed E-state index contributed by atoms with van der Waals surface area (Å²) in [6.45, 7) is 4.97. The fourth-order valence-electron chi connectivity index (χ4n) is 4.29. The molecule has 0 amide bonds. The lowest BCUT2D eigenvalue weighted by molar-refractivity contribution is -0.246. The number of ether oxygens (including phenoxy) is 6. The minimum atomic E-state index is -1.51. The molecule has 2 aromatic carbocycles. The third kappa shape index (κ3) is 7.04. The van der Waals surface area contributed by atoms with E-state index in [4.69, 9.17) is 28.4 Å². The zero-order valence-electron chi connectivity index (χ0n) is 20.4. The van der Waals surface area contributed by atoms with Crippen LogP contribution < -0.4 is 0 Å². The van der Waals surface area contributed by atoms with Crippen LogP contribution in [0, 0.1) is 0 Å². The van der Waals surface area contributed by atoms with Crippen molar-refractivity contribution in [2.75, 3.05) is 19.0 Å². The Balaban J connectivity index is 1.59. The highest BCUT2D eigenvalue weighted by molar-refractivity contribution is 7.85. The third-order valence-electron chi connectivity index (χ3n) is 5.91. The molecule has 0 bridgehead atoms. The summed E-state index contributed by atoms with van der Waals surface area (Å²) in [4.78, 5) is 24.5. The summed E-state index contributed by atoms with van der Waals surface area (Å²) < 4.78 is 47.9. The van der Waals surface area contributed by atoms with Crippen LogP contribution in [0.15, 0.2) is 73.3 Å². The van der Waals surface area contributed by atoms with Gasteiger partial charge in [-0.2, -0.15) is 0 Å². The van der Waals surface area contributed by atoms with Gasteiger partial charge in [0.2, 0.25) is 0 Å². The molecule has 37 heavy (non-hydrogen) atoms. The van der Waals surface area contributed by atoms with Gasteiger partial charge >= 0.3 is 12.1 Å². The van der Waals surface area contributed by atoms with Crippen LogP contribution in [0.4, 0.5) is 4.79 Å². The molecular formula is C27H30O9S. The van der Waals surface area contributed by atoms with Crippen LogP contribution >= 0.6 is 0 Å². The lowest BCUT2D eigenvalue weighted by Gasteiger charge is -2.47. The van der Waals surface area contributed by atoms with Gasteiger partial charge in [-0.3, -0.25) is 9.00 Å². The Hall–Kier alpha value is -3.05. The quantitative estimate of drug-likeness (QED) is 0.356. The van der Waals surface area contributed by atoms with Gasteiger partial charge in [-0.25, -0.2) is 4.79 Å². The average Bonchev–Trinajstić information content (AvgIpc) is 2.90. The molecule has 2 aliphatic heterocycles.